The van der Waals surface area contributed by atoms with Gasteiger partial charge in [-0.15, -0.1) is 0 Å². The minimum Gasteiger partial charge on any atom is -0.267 e. The Morgan fingerprint density at radius 3 is 2.48 bits per heavy atom. The standard InChI is InChI=1S/C14H12N4O5/c19-14-7-9-3-1-2-4-11(9)15-16(14)12-6-5-10(17(20)21)8-13(12)18(22)23/h5-8H,1-4H2. The highest BCUT2D eigenvalue weighted by atomic mass is 16.6. The fraction of sp³-hybridized carbons (Fsp3) is 0.286. The predicted molar refractivity (Wildman–Crippen MR) is 79.8 cm³/mol. The van der Waals surface area contributed by atoms with Crippen LogP contribution in [0.5, 0.6) is 0 Å². The second-order valence-corrected chi connectivity index (χ2v) is 5.26. The molecule has 0 unspecified atom stereocenters. The van der Waals surface area contributed by atoms with Crippen molar-refractivity contribution >= 4 is 11.4 Å². The van der Waals surface area contributed by atoms with Gasteiger partial charge in [0.05, 0.1) is 21.6 Å². The number of aryl methyl sites for hydroxylation is 2. The van der Waals surface area contributed by atoms with Crippen LogP contribution in [0, 0.1) is 20.2 Å². The molecule has 118 valence electrons. The molecule has 1 aromatic heterocycles. The highest BCUT2D eigenvalue weighted by Gasteiger charge is 2.23. The first-order valence-electron chi connectivity index (χ1n) is 7.02. The van der Waals surface area contributed by atoms with E-state index in [2.05, 4.69) is 5.10 Å². The average molecular weight is 316 g/mol. The number of hydrogen-bond donors (Lipinski definition) is 0. The van der Waals surface area contributed by atoms with Gasteiger partial charge in [-0.2, -0.15) is 9.78 Å². The van der Waals surface area contributed by atoms with Gasteiger partial charge >= 0.3 is 5.69 Å². The van der Waals surface area contributed by atoms with Crippen LogP contribution in [0.4, 0.5) is 11.4 Å². The van der Waals surface area contributed by atoms with E-state index < -0.39 is 26.8 Å². The van der Waals surface area contributed by atoms with E-state index in [9.17, 15) is 25.0 Å². The molecular formula is C14H12N4O5. The molecule has 23 heavy (non-hydrogen) atoms. The van der Waals surface area contributed by atoms with Crippen LogP contribution in [-0.2, 0) is 12.8 Å². The first kappa shape index (κ1) is 14.8. The van der Waals surface area contributed by atoms with Crippen LogP contribution in [0.25, 0.3) is 5.69 Å². The van der Waals surface area contributed by atoms with Crippen molar-refractivity contribution < 1.29 is 9.85 Å². The van der Waals surface area contributed by atoms with Crippen molar-refractivity contribution in [3.8, 4) is 5.69 Å². The average Bonchev–Trinajstić information content (AvgIpc) is 2.53. The monoisotopic (exact) mass is 316 g/mol. The van der Waals surface area contributed by atoms with Gasteiger partial charge in [-0.1, -0.05) is 0 Å². The van der Waals surface area contributed by atoms with E-state index in [1.54, 1.807) is 0 Å². The van der Waals surface area contributed by atoms with Gasteiger partial charge in [0.25, 0.3) is 11.2 Å². The number of nitrogens with zero attached hydrogens (tertiary/aromatic N) is 4. The van der Waals surface area contributed by atoms with Crippen molar-refractivity contribution in [2.45, 2.75) is 25.7 Å². The smallest absolute Gasteiger partial charge is 0.267 e. The third-order valence-corrected chi connectivity index (χ3v) is 3.80. The molecule has 1 aliphatic rings. The Kier molecular flexibility index (Phi) is 3.61. The molecule has 0 atom stereocenters. The number of nitro benzene ring substituents is 2. The molecule has 0 saturated heterocycles. The molecule has 0 amide bonds. The molecule has 9 nitrogen and oxygen atoms in total. The molecule has 2 aromatic rings. The molecule has 0 bridgehead atoms. The molecule has 0 radical (unpaired) electrons. The summed E-state index contributed by atoms with van der Waals surface area (Å²) >= 11 is 0. The van der Waals surface area contributed by atoms with E-state index in [4.69, 9.17) is 0 Å². The normalized spacial score (nSPS) is 13.4. The summed E-state index contributed by atoms with van der Waals surface area (Å²) in [6.07, 6.45) is 3.40. The predicted octanol–water partition coefficient (Wildman–Crippen LogP) is 1.93. The molecule has 0 saturated carbocycles. The van der Waals surface area contributed by atoms with Gasteiger partial charge in [-0.05, 0) is 37.3 Å². The summed E-state index contributed by atoms with van der Waals surface area (Å²) in [7, 11) is 0. The third-order valence-electron chi connectivity index (χ3n) is 3.80. The Morgan fingerprint density at radius 1 is 1.04 bits per heavy atom. The van der Waals surface area contributed by atoms with E-state index in [-0.39, 0.29) is 5.69 Å². The maximum atomic E-state index is 12.2. The number of fused-ring (bicyclic) bond motifs is 1. The largest absolute Gasteiger partial charge is 0.301 e. The Hall–Kier alpha value is -3.10. The SMILES string of the molecule is O=c1cc2c(nn1-c1ccc([N+](=O)[O-])cc1[N+](=O)[O-])CCCC2. The fourth-order valence-electron chi connectivity index (χ4n) is 2.69. The maximum absolute atomic E-state index is 12.2. The molecule has 0 aliphatic heterocycles. The Morgan fingerprint density at radius 2 is 1.78 bits per heavy atom. The number of benzene rings is 1. The van der Waals surface area contributed by atoms with Crippen LogP contribution in [0.3, 0.4) is 0 Å². The topological polar surface area (TPSA) is 121 Å². The molecular weight excluding hydrogens is 304 g/mol. The zero-order valence-corrected chi connectivity index (χ0v) is 12.0. The summed E-state index contributed by atoms with van der Waals surface area (Å²) in [5, 5.41) is 26.2. The van der Waals surface area contributed by atoms with Crippen LogP contribution in [0.2, 0.25) is 0 Å². The van der Waals surface area contributed by atoms with Gasteiger partial charge in [-0.25, -0.2) is 0 Å². The molecule has 1 aliphatic carbocycles. The Labute approximate surface area is 129 Å². The van der Waals surface area contributed by atoms with Crippen molar-refractivity contribution in [3.05, 3.63) is 66.1 Å². The zero-order chi connectivity index (χ0) is 16.6. The van der Waals surface area contributed by atoms with Crippen molar-refractivity contribution in [2.24, 2.45) is 0 Å². The minimum absolute atomic E-state index is 0.0704. The number of rotatable bonds is 3. The van der Waals surface area contributed by atoms with Gasteiger partial charge < -0.3 is 0 Å². The van der Waals surface area contributed by atoms with Gasteiger partial charge in [-0.3, -0.25) is 25.0 Å². The lowest BCUT2D eigenvalue weighted by molar-refractivity contribution is -0.394. The lowest BCUT2D eigenvalue weighted by Gasteiger charge is -2.15. The van der Waals surface area contributed by atoms with Crippen LogP contribution in [0.1, 0.15) is 24.1 Å². The summed E-state index contributed by atoms with van der Waals surface area (Å²) < 4.78 is 0.950. The van der Waals surface area contributed by atoms with Gasteiger partial charge in [0.15, 0.2) is 0 Å². The zero-order valence-electron chi connectivity index (χ0n) is 12.0. The lowest BCUT2D eigenvalue weighted by atomic mass is 9.97. The first-order chi connectivity index (χ1) is 11.0. The molecule has 0 fully saturated rings. The molecule has 3 rings (SSSR count). The van der Waals surface area contributed by atoms with Crippen LogP contribution < -0.4 is 5.56 Å². The van der Waals surface area contributed by atoms with E-state index in [1.807, 2.05) is 0 Å². The molecule has 9 heteroatoms. The van der Waals surface area contributed by atoms with Crippen molar-refractivity contribution in [3.63, 3.8) is 0 Å². The first-order valence-corrected chi connectivity index (χ1v) is 7.02. The molecule has 1 heterocycles. The second kappa shape index (κ2) is 5.59. The summed E-state index contributed by atoms with van der Waals surface area (Å²) in [4.78, 5) is 32.7. The number of hydrogen-bond acceptors (Lipinski definition) is 6. The third kappa shape index (κ3) is 2.68. The van der Waals surface area contributed by atoms with Crippen LogP contribution in [0.15, 0.2) is 29.1 Å². The molecule has 1 aromatic carbocycles. The van der Waals surface area contributed by atoms with Gasteiger partial charge in [0.1, 0.15) is 5.69 Å². The second-order valence-electron chi connectivity index (χ2n) is 5.26. The molecule has 0 spiro atoms. The van der Waals surface area contributed by atoms with Crippen LogP contribution in [-0.4, -0.2) is 19.6 Å². The summed E-state index contributed by atoms with van der Waals surface area (Å²) in [5.74, 6) is 0. The highest BCUT2D eigenvalue weighted by Crippen LogP contribution is 2.27. The fourth-order valence-corrected chi connectivity index (χ4v) is 2.69. The van der Waals surface area contributed by atoms with E-state index in [0.29, 0.717) is 6.42 Å². The number of nitro groups is 2. The lowest BCUT2D eigenvalue weighted by Crippen LogP contribution is -2.25. The Balaban J connectivity index is 2.20. The number of non-ortho nitro benzene ring substituents is 1. The van der Waals surface area contributed by atoms with Gasteiger partial charge in [0.2, 0.25) is 0 Å². The van der Waals surface area contributed by atoms with E-state index >= 15 is 0 Å². The number of aromatic nitrogens is 2. The Bertz CT molecular complexity index is 874. The van der Waals surface area contributed by atoms with Gasteiger partial charge in [0, 0.05) is 12.1 Å². The highest BCUT2D eigenvalue weighted by molar-refractivity contribution is 5.57. The summed E-state index contributed by atoms with van der Waals surface area (Å²) in [6, 6.07) is 4.57. The summed E-state index contributed by atoms with van der Waals surface area (Å²) in [6.45, 7) is 0. The maximum Gasteiger partial charge on any atom is 0.301 e. The van der Waals surface area contributed by atoms with E-state index in [0.717, 1.165) is 47.3 Å². The quantitative estimate of drug-likeness (QED) is 0.630. The summed E-state index contributed by atoms with van der Waals surface area (Å²) in [5.41, 5.74) is 0.114. The minimum atomic E-state index is -0.754. The van der Waals surface area contributed by atoms with Crippen molar-refractivity contribution in [2.75, 3.05) is 0 Å². The molecule has 0 N–H and O–H groups in total. The van der Waals surface area contributed by atoms with Crippen LogP contribution >= 0.6 is 0 Å². The van der Waals surface area contributed by atoms with Crippen molar-refractivity contribution in [1.82, 2.24) is 9.78 Å². The van der Waals surface area contributed by atoms with Crippen molar-refractivity contribution in [1.29, 1.82) is 0 Å². The van der Waals surface area contributed by atoms with E-state index in [1.165, 1.54) is 12.1 Å².